The molecule has 0 bridgehead atoms. The van der Waals surface area contributed by atoms with Crippen LogP contribution in [0.1, 0.15) is 24.9 Å². The number of pyridine rings is 1. The molecular formula is C22H26N4O3S2. The van der Waals surface area contributed by atoms with Gasteiger partial charge in [-0.3, -0.25) is 9.80 Å². The molecule has 7 nitrogen and oxygen atoms in total. The summed E-state index contributed by atoms with van der Waals surface area (Å²) in [6, 6.07) is 10.6. The largest absolute Gasteiger partial charge is 0.473 e. The molecule has 1 aromatic carbocycles. The number of aromatic nitrogens is 2. The van der Waals surface area contributed by atoms with Crippen LogP contribution in [0.4, 0.5) is 0 Å². The predicted molar refractivity (Wildman–Crippen MR) is 121 cm³/mol. The number of thiazole rings is 1. The molecular weight excluding hydrogens is 432 g/mol. The number of sulfone groups is 1. The summed E-state index contributed by atoms with van der Waals surface area (Å²) in [4.78, 5) is 13.9. The third-order valence-corrected chi connectivity index (χ3v) is 8.33. The minimum atomic E-state index is -3.25. The average molecular weight is 459 g/mol. The summed E-state index contributed by atoms with van der Waals surface area (Å²) in [5, 5.41) is 0. The van der Waals surface area contributed by atoms with Crippen LogP contribution in [0.2, 0.25) is 0 Å². The van der Waals surface area contributed by atoms with Gasteiger partial charge in [-0.25, -0.2) is 18.4 Å². The van der Waals surface area contributed by atoms with Crippen LogP contribution in [0.15, 0.2) is 46.9 Å². The molecule has 3 aromatic rings. The molecule has 0 saturated carbocycles. The Bertz CT molecular complexity index is 1180. The van der Waals surface area contributed by atoms with E-state index in [1.54, 1.807) is 23.5 Å². The van der Waals surface area contributed by atoms with Crippen LogP contribution >= 0.6 is 11.3 Å². The van der Waals surface area contributed by atoms with Crippen LogP contribution in [0.25, 0.3) is 10.2 Å². The molecule has 3 unspecified atom stereocenters. The highest BCUT2D eigenvalue weighted by molar-refractivity contribution is 7.90. The summed E-state index contributed by atoms with van der Waals surface area (Å²) in [6.45, 7) is 6.22. The molecule has 0 spiro atoms. The minimum Gasteiger partial charge on any atom is -0.473 e. The molecule has 4 heterocycles. The smallest absolute Gasteiger partial charge is 0.213 e. The van der Waals surface area contributed by atoms with E-state index in [1.807, 2.05) is 5.51 Å². The third kappa shape index (κ3) is 4.32. The second kappa shape index (κ2) is 8.12. The van der Waals surface area contributed by atoms with Gasteiger partial charge in [0.1, 0.15) is 6.10 Å². The summed E-state index contributed by atoms with van der Waals surface area (Å²) >= 11 is 1.68. The number of piperazine rings is 1. The van der Waals surface area contributed by atoms with Crippen LogP contribution in [-0.4, -0.2) is 72.8 Å². The zero-order valence-corrected chi connectivity index (χ0v) is 19.3. The molecule has 2 aliphatic heterocycles. The first-order valence-electron chi connectivity index (χ1n) is 10.5. The number of nitrogens with zero attached hydrogens (tertiary/aromatic N) is 4. The first-order valence-corrected chi connectivity index (χ1v) is 13.3. The van der Waals surface area contributed by atoms with Crippen LogP contribution in [0.5, 0.6) is 5.88 Å². The van der Waals surface area contributed by atoms with E-state index in [9.17, 15) is 8.42 Å². The lowest BCUT2D eigenvalue weighted by molar-refractivity contribution is 0.0761. The Balaban J connectivity index is 1.22. The Hall–Kier alpha value is -2.07. The fourth-order valence-corrected chi connectivity index (χ4v) is 5.85. The van der Waals surface area contributed by atoms with Gasteiger partial charge >= 0.3 is 0 Å². The highest BCUT2D eigenvalue weighted by atomic mass is 32.2. The molecule has 0 aliphatic carbocycles. The van der Waals surface area contributed by atoms with Gasteiger partial charge in [0.25, 0.3) is 0 Å². The fourth-order valence-electron chi connectivity index (χ4n) is 4.63. The predicted octanol–water partition coefficient (Wildman–Crippen LogP) is 2.99. The lowest BCUT2D eigenvalue weighted by Crippen LogP contribution is -2.50. The standard InChI is InChI=1S/C22H26N4O3S2/c1-15(16-3-5-21-20(9-16)24-14-30-21)25-7-8-26-13-18(10-17(26)12-25)29-22-6-4-19(11-23-22)31(2,27)28/h3-6,9,11,14-15,17-18H,7-8,10,12-13H2,1-2H3. The number of rotatable bonds is 5. The maximum Gasteiger partial charge on any atom is 0.213 e. The van der Waals surface area contributed by atoms with E-state index in [-0.39, 0.29) is 11.0 Å². The maximum absolute atomic E-state index is 11.6. The molecule has 31 heavy (non-hydrogen) atoms. The quantitative estimate of drug-likeness (QED) is 0.582. The average Bonchev–Trinajstić information content (AvgIpc) is 3.38. The molecule has 0 N–H and O–H groups in total. The Morgan fingerprint density at radius 1 is 1.16 bits per heavy atom. The van der Waals surface area contributed by atoms with Crippen LogP contribution < -0.4 is 4.74 Å². The summed E-state index contributed by atoms with van der Waals surface area (Å²) in [5.74, 6) is 0.485. The van der Waals surface area contributed by atoms with Crippen molar-refractivity contribution < 1.29 is 13.2 Å². The number of benzene rings is 1. The van der Waals surface area contributed by atoms with Crippen molar-refractivity contribution in [2.75, 3.05) is 32.4 Å². The van der Waals surface area contributed by atoms with Crippen molar-refractivity contribution in [3.8, 4) is 5.88 Å². The van der Waals surface area contributed by atoms with Crippen molar-refractivity contribution >= 4 is 31.4 Å². The van der Waals surface area contributed by atoms with E-state index < -0.39 is 9.84 Å². The van der Waals surface area contributed by atoms with E-state index in [4.69, 9.17) is 4.74 Å². The lowest BCUT2D eigenvalue weighted by Gasteiger charge is -2.40. The van der Waals surface area contributed by atoms with Crippen molar-refractivity contribution in [3.63, 3.8) is 0 Å². The zero-order valence-electron chi connectivity index (χ0n) is 17.6. The van der Waals surface area contributed by atoms with Crippen molar-refractivity contribution in [2.24, 2.45) is 0 Å². The van der Waals surface area contributed by atoms with Gasteiger partial charge in [0.15, 0.2) is 9.84 Å². The Kier molecular flexibility index (Phi) is 5.45. The Morgan fingerprint density at radius 3 is 2.81 bits per heavy atom. The molecule has 2 aromatic heterocycles. The molecule has 2 saturated heterocycles. The van der Waals surface area contributed by atoms with Crippen molar-refractivity contribution in [1.82, 2.24) is 19.8 Å². The normalized spacial score (nSPS) is 23.7. The van der Waals surface area contributed by atoms with Gasteiger partial charge in [-0.15, -0.1) is 11.3 Å². The number of hydrogen-bond donors (Lipinski definition) is 0. The van der Waals surface area contributed by atoms with Crippen LogP contribution in [0.3, 0.4) is 0 Å². The summed E-state index contributed by atoms with van der Waals surface area (Å²) in [6.07, 6.45) is 3.57. The van der Waals surface area contributed by atoms with Crippen LogP contribution in [-0.2, 0) is 9.84 Å². The second-order valence-corrected chi connectivity index (χ2v) is 11.4. The minimum absolute atomic E-state index is 0.0724. The van der Waals surface area contributed by atoms with E-state index in [0.29, 0.717) is 18.0 Å². The van der Waals surface area contributed by atoms with E-state index in [1.165, 1.54) is 22.7 Å². The fraction of sp³-hybridized carbons (Fsp3) is 0.455. The Labute approximate surface area is 186 Å². The number of hydrogen-bond acceptors (Lipinski definition) is 8. The molecule has 2 fully saturated rings. The van der Waals surface area contributed by atoms with Crippen LogP contribution in [0, 0.1) is 0 Å². The van der Waals surface area contributed by atoms with Gasteiger partial charge in [-0.1, -0.05) is 6.07 Å². The number of fused-ring (bicyclic) bond motifs is 2. The Morgan fingerprint density at radius 2 is 2.03 bits per heavy atom. The molecule has 5 rings (SSSR count). The van der Waals surface area contributed by atoms with Crippen molar-refractivity contribution in [1.29, 1.82) is 0 Å². The van der Waals surface area contributed by atoms with Crippen molar-refractivity contribution in [3.05, 3.63) is 47.6 Å². The monoisotopic (exact) mass is 458 g/mol. The molecule has 0 radical (unpaired) electrons. The summed E-state index contributed by atoms with van der Waals surface area (Å²) < 4.78 is 30.5. The maximum atomic E-state index is 11.6. The first-order chi connectivity index (χ1) is 14.9. The molecule has 164 valence electrons. The third-order valence-electron chi connectivity index (χ3n) is 6.42. The van der Waals surface area contributed by atoms with Crippen molar-refractivity contribution in [2.45, 2.75) is 36.4 Å². The van der Waals surface area contributed by atoms with Gasteiger partial charge in [0, 0.05) is 63.2 Å². The lowest BCUT2D eigenvalue weighted by atomic mass is 10.0. The second-order valence-electron chi connectivity index (χ2n) is 8.48. The molecule has 0 amide bonds. The first kappa shape index (κ1) is 20.8. The zero-order chi connectivity index (χ0) is 21.6. The van der Waals surface area contributed by atoms with Gasteiger partial charge in [0.05, 0.1) is 20.6 Å². The number of ether oxygens (including phenoxy) is 1. The SMILES string of the molecule is CC(c1ccc2scnc2c1)N1CCN2CC(Oc3ccc(S(C)(=O)=O)cn3)CC2C1. The summed E-state index contributed by atoms with van der Waals surface area (Å²) in [5.41, 5.74) is 4.30. The van der Waals surface area contributed by atoms with Gasteiger partial charge in [-0.05, 0) is 30.7 Å². The van der Waals surface area contributed by atoms with E-state index in [0.717, 1.165) is 38.1 Å². The highest BCUT2D eigenvalue weighted by Crippen LogP contribution is 2.31. The molecule has 2 aliphatic rings. The van der Waals surface area contributed by atoms with E-state index in [2.05, 4.69) is 44.9 Å². The van der Waals surface area contributed by atoms with Gasteiger partial charge < -0.3 is 4.74 Å². The van der Waals surface area contributed by atoms with E-state index >= 15 is 0 Å². The van der Waals surface area contributed by atoms with Gasteiger partial charge in [-0.2, -0.15) is 0 Å². The highest BCUT2D eigenvalue weighted by Gasteiger charge is 2.38. The molecule has 9 heteroatoms. The summed E-state index contributed by atoms with van der Waals surface area (Å²) in [7, 11) is -3.25. The molecule has 3 atom stereocenters. The topological polar surface area (TPSA) is 75.6 Å². The van der Waals surface area contributed by atoms with Gasteiger partial charge in [0.2, 0.25) is 5.88 Å².